The molecule has 0 radical (unpaired) electrons. The summed E-state index contributed by atoms with van der Waals surface area (Å²) in [6, 6.07) is 2.75. The lowest BCUT2D eigenvalue weighted by molar-refractivity contribution is 0.0791. The normalized spacial score (nSPS) is 14.2. The summed E-state index contributed by atoms with van der Waals surface area (Å²) in [5.74, 6) is -1.26. The van der Waals surface area contributed by atoms with Crippen LogP contribution in [-0.4, -0.2) is 25.2 Å². The van der Waals surface area contributed by atoms with Crippen molar-refractivity contribution in [3.8, 4) is 0 Å². The Labute approximate surface area is 125 Å². The first-order chi connectivity index (χ1) is 8.95. The Morgan fingerprint density at radius 2 is 1.95 bits per heavy atom. The van der Waals surface area contributed by atoms with Gasteiger partial charge in [-0.25, -0.2) is 4.98 Å². The van der Waals surface area contributed by atoms with E-state index >= 15 is 0 Å². The Morgan fingerprint density at radius 3 is 2.40 bits per heavy atom. The van der Waals surface area contributed by atoms with E-state index in [1.807, 2.05) is 13.1 Å². The molecule has 0 aliphatic rings. The molecular weight excluding hydrogens is 297 g/mol. The minimum Gasteiger partial charge on any atom is -0.407 e. The molecule has 0 aromatic carbocycles. The first kappa shape index (κ1) is 17.3. The van der Waals surface area contributed by atoms with Gasteiger partial charge in [0.1, 0.15) is 11.3 Å². The first-order valence-electron chi connectivity index (χ1n) is 6.50. The van der Waals surface area contributed by atoms with Gasteiger partial charge in [0, 0.05) is 0 Å². The zero-order valence-electron chi connectivity index (χ0n) is 12.8. The number of Topliss-reactive ketones (excluding diaryl/α,β-unsaturated/α-hetero) is 1. The Kier molecular flexibility index (Phi) is 5.11. The number of halogens is 2. The summed E-state index contributed by atoms with van der Waals surface area (Å²) in [6.45, 7) is 12.0. The minimum atomic E-state index is -2.08. The highest BCUT2D eigenvalue weighted by molar-refractivity contribution is 6.74. The standard InChI is InChI=1S/C14H21ClFNO2Si/c1-9(19-20(5,6)14(2,3)4)12(18)10-7-8-11(15)17-13(10)16/h7-9H,1-6H3. The van der Waals surface area contributed by atoms with Gasteiger partial charge < -0.3 is 4.43 Å². The predicted octanol–water partition coefficient (Wildman–Crippen LogP) is 4.47. The minimum absolute atomic E-state index is 0.0155. The molecule has 1 unspecified atom stereocenters. The maximum atomic E-state index is 13.7. The highest BCUT2D eigenvalue weighted by atomic mass is 35.5. The zero-order chi connectivity index (χ0) is 15.7. The van der Waals surface area contributed by atoms with Gasteiger partial charge in [-0.3, -0.25) is 4.79 Å². The maximum absolute atomic E-state index is 13.7. The number of carbonyl (C=O) groups excluding carboxylic acids is 1. The molecule has 0 aliphatic carbocycles. The lowest BCUT2D eigenvalue weighted by Crippen LogP contribution is -2.45. The van der Waals surface area contributed by atoms with Gasteiger partial charge in [-0.05, 0) is 37.2 Å². The number of pyridine rings is 1. The number of carbonyl (C=O) groups is 1. The molecule has 0 spiro atoms. The summed E-state index contributed by atoms with van der Waals surface area (Å²) in [4.78, 5) is 15.7. The van der Waals surface area contributed by atoms with Gasteiger partial charge in [0.15, 0.2) is 14.1 Å². The average molecular weight is 318 g/mol. The second-order valence-electron chi connectivity index (χ2n) is 6.36. The number of hydrogen-bond acceptors (Lipinski definition) is 3. The van der Waals surface area contributed by atoms with E-state index in [2.05, 4.69) is 25.8 Å². The molecule has 6 heteroatoms. The van der Waals surface area contributed by atoms with Crippen LogP contribution in [0.3, 0.4) is 0 Å². The second kappa shape index (κ2) is 5.91. The van der Waals surface area contributed by atoms with E-state index in [1.54, 1.807) is 6.92 Å². The Hall–Kier alpha value is -0.783. The molecule has 1 atom stereocenters. The van der Waals surface area contributed by atoms with Crippen LogP contribution in [-0.2, 0) is 4.43 Å². The Balaban J connectivity index is 2.93. The Bertz CT molecular complexity index is 514. The summed E-state index contributed by atoms with van der Waals surface area (Å²) in [7, 11) is -2.08. The fraction of sp³-hybridized carbons (Fsp3) is 0.571. The van der Waals surface area contributed by atoms with Crippen LogP contribution in [0.1, 0.15) is 38.1 Å². The van der Waals surface area contributed by atoms with Crippen molar-refractivity contribution >= 4 is 25.7 Å². The molecule has 0 fully saturated rings. The molecule has 0 saturated carbocycles. The van der Waals surface area contributed by atoms with Crippen molar-refractivity contribution < 1.29 is 13.6 Å². The van der Waals surface area contributed by atoms with Crippen molar-refractivity contribution in [2.45, 2.75) is 51.9 Å². The van der Waals surface area contributed by atoms with Crippen LogP contribution in [0.2, 0.25) is 23.3 Å². The van der Waals surface area contributed by atoms with E-state index in [4.69, 9.17) is 16.0 Å². The molecule has 20 heavy (non-hydrogen) atoms. The fourth-order valence-corrected chi connectivity index (χ4v) is 2.97. The van der Waals surface area contributed by atoms with Crippen LogP contribution in [0, 0.1) is 5.95 Å². The molecule has 0 bridgehead atoms. The maximum Gasteiger partial charge on any atom is 0.225 e. The monoisotopic (exact) mass is 317 g/mol. The van der Waals surface area contributed by atoms with Crippen LogP contribution < -0.4 is 0 Å². The van der Waals surface area contributed by atoms with Gasteiger partial charge in [-0.1, -0.05) is 32.4 Å². The summed E-state index contributed by atoms with van der Waals surface area (Å²) < 4.78 is 19.6. The highest BCUT2D eigenvalue weighted by Crippen LogP contribution is 2.37. The van der Waals surface area contributed by atoms with Crippen LogP contribution in [0.5, 0.6) is 0 Å². The molecule has 0 aliphatic heterocycles. The van der Waals surface area contributed by atoms with E-state index < -0.39 is 26.2 Å². The number of nitrogens with zero attached hydrogens (tertiary/aromatic N) is 1. The Morgan fingerprint density at radius 1 is 1.40 bits per heavy atom. The van der Waals surface area contributed by atoms with Crippen molar-refractivity contribution in [3.05, 3.63) is 28.8 Å². The third-order valence-corrected chi connectivity index (χ3v) is 8.49. The molecule has 112 valence electrons. The largest absolute Gasteiger partial charge is 0.407 e. The number of rotatable bonds is 4. The number of hydrogen-bond donors (Lipinski definition) is 0. The zero-order valence-corrected chi connectivity index (χ0v) is 14.5. The molecule has 0 saturated heterocycles. The molecule has 1 rings (SSSR count). The van der Waals surface area contributed by atoms with E-state index in [1.165, 1.54) is 12.1 Å². The highest BCUT2D eigenvalue weighted by Gasteiger charge is 2.40. The fourth-order valence-electron chi connectivity index (χ4n) is 1.49. The first-order valence-corrected chi connectivity index (χ1v) is 9.78. The van der Waals surface area contributed by atoms with Crippen molar-refractivity contribution in [1.29, 1.82) is 0 Å². The quantitative estimate of drug-likeness (QED) is 0.467. The van der Waals surface area contributed by atoms with E-state index in [-0.39, 0.29) is 15.8 Å². The average Bonchev–Trinajstić information content (AvgIpc) is 2.25. The summed E-state index contributed by atoms with van der Waals surface area (Å²) >= 11 is 5.58. The van der Waals surface area contributed by atoms with Crippen molar-refractivity contribution in [1.82, 2.24) is 4.98 Å². The van der Waals surface area contributed by atoms with Gasteiger partial charge in [-0.2, -0.15) is 4.39 Å². The van der Waals surface area contributed by atoms with Crippen molar-refractivity contribution in [3.63, 3.8) is 0 Å². The van der Waals surface area contributed by atoms with Gasteiger partial charge in [0.2, 0.25) is 5.95 Å². The van der Waals surface area contributed by atoms with Gasteiger partial charge >= 0.3 is 0 Å². The number of ketones is 1. The molecule has 1 aromatic rings. The van der Waals surface area contributed by atoms with Crippen LogP contribution in [0.15, 0.2) is 12.1 Å². The molecule has 0 amide bonds. The topological polar surface area (TPSA) is 39.2 Å². The summed E-state index contributed by atoms with van der Waals surface area (Å²) in [5, 5.41) is 0.00947. The third-order valence-electron chi connectivity index (χ3n) is 3.73. The molecule has 1 heterocycles. The van der Waals surface area contributed by atoms with Gasteiger partial charge in [0.05, 0.1) is 5.56 Å². The smallest absolute Gasteiger partial charge is 0.225 e. The lowest BCUT2D eigenvalue weighted by atomic mass is 10.1. The van der Waals surface area contributed by atoms with Crippen LogP contribution >= 0.6 is 11.6 Å². The van der Waals surface area contributed by atoms with Gasteiger partial charge in [0.25, 0.3) is 0 Å². The second-order valence-corrected chi connectivity index (χ2v) is 11.5. The van der Waals surface area contributed by atoms with Crippen molar-refractivity contribution in [2.75, 3.05) is 0 Å². The van der Waals surface area contributed by atoms with E-state index in [9.17, 15) is 9.18 Å². The summed E-state index contributed by atoms with van der Waals surface area (Å²) in [5.41, 5.74) is -0.0828. The van der Waals surface area contributed by atoms with Gasteiger partial charge in [-0.15, -0.1) is 0 Å². The third kappa shape index (κ3) is 3.87. The van der Waals surface area contributed by atoms with Crippen molar-refractivity contribution in [2.24, 2.45) is 0 Å². The van der Waals surface area contributed by atoms with Crippen LogP contribution in [0.25, 0.3) is 0 Å². The number of aromatic nitrogens is 1. The van der Waals surface area contributed by atoms with Crippen LogP contribution in [0.4, 0.5) is 4.39 Å². The lowest BCUT2D eigenvalue weighted by Gasteiger charge is -2.38. The molecule has 1 aromatic heterocycles. The SMILES string of the molecule is CC(O[Si](C)(C)C(C)(C)C)C(=O)c1ccc(Cl)nc1F. The predicted molar refractivity (Wildman–Crippen MR) is 81.3 cm³/mol. The van der Waals surface area contributed by atoms with E-state index in [0.717, 1.165) is 0 Å². The summed E-state index contributed by atoms with van der Waals surface area (Å²) in [6.07, 6.45) is -0.701. The van der Waals surface area contributed by atoms with E-state index in [0.29, 0.717) is 0 Å². The molecular formula is C14H21ClFNO2Si. The molecule has 3 nitrogen and oxygen atoms in total. The molecule has 0 N–H and O–H groups in total.